The molecule has 0 bridgehead atoms. The molecule has 3 heteroatoms. The van der Waals surface area contributed by atoms with Gasteiger partial charge in [0, 0.05) is 24.2 Å². The fourth-order valence-electron chi connectivity index (χ4n) is 3.27. The van der Waals surface area contributed by atoms with Gasteiger partial charge in [0.1, 0.15) is 0 Å². The monoisotopic (exact) mass is 294 g/mol. The topological polar surface area (TPSA) is 15.3 Å². The van der Waals surface area contributed by atoms with Crippen molar-refractivity contribution >= 4 is 11.6 Å². The van der Waals surface area contributed by atoms with Gasteiger partial charge in [-0.15, -0.1) is 0 Å². The lowest BCUT2D eigenvalue weighted by atomic mass is 9.91. The zero-order chi connectivity index (χ0) is 14.4. The third kappa shape index (κ3) is 5.08. The molecule has 0 saturated carbocycles. The van der Waals surface area contributed by atoms with E-state index in [1.807, 2.05) is 12.1 Å². The Bertz CT molecular complexity index is 390. The van der Waals surface area contributed by atoms with E-state index < -0.39 is 0 Å². The Hall–Kier alpha value is -0.570. The van der Waals surface area contributed by atoms with Crippen molar-refractivity contribution in [1.82, 2.24) is 10.2 Å². The van der Waals surface area contributed by atoms with Crippen molar-refractivity contribution in [2.24, 2.45) is 5.92 Å². The van der Waals surface area contributed by atoms with Crippen molar-refractivity contribution in [3.63, 3.8) is 0 Å². The van der Waals surface area contributed by atoms with E-state index in [2.05, 4.69) is 36.2 Å². The second kappa shape index (κ2) is 8.02. The van der Waals surface area contributed by atoms with Crippen molar-refractivity contribution in [3.05, 3.63) is 34.9 Å². The molecule has 0 spiro atoms. The highest BCUT2D eigenvalue weighted by atomic mass is 35.5. The highest BCUT2D eigenvalue weighted by Crippen LogP contribution is 2.22. The second-order valence-corrected chi connectivity index (χ2v) is 6.50. The molecule has 1 saturated heterocycles. The molecule has 2 atom stereocenters. The predicted molar refractivity (Wildman–Crippen MR) is 87.2 cm³/mol. The Kier molecular flexibility index (Phi) is 6.34. The van der Waals surface area contributed by atoms with Crippen LogP contribution in [0.3, 0.4) is 0 Å². The van der Waals surface area contributed by atoms with Crippen molar-refractivity contribution in [2.45, 2.75) is 45.7 Å². The Morgan fingerprint density at radius 2 is 2.10 bits per heavy atom. The zero-order valence-corrected chi connectivity index (χ0v) is 13.5. The molecule has 1 aliphatic heterocycles. The molecule has 2 unspecified atom stereocenters. The van der Waals surface area contributed by atoms with E-state index in [1.54, 1.807) is 0 Å². The van der Waals surface area contributed by atoms with E-state index in [-0.39, 0.29) is 0 Å². The summed E-state index contributed by atoms with van der Waals surface area (Å²) in [7, 11) is 0. The number of hydrogen-bond donors (Lipinski definition) is 1. The third-order valence-corrected chi connectivity index (χ3v) is 4.41. The molecule has 1 aromatic rings. The molecule has 0 amide bonds. The van der Waals surface area contributed by atoms with Crippen LogP contribution >= 0.6 is 11.6 Å². The molecule has 1 aromatic carbocycles. The average molecular weight is 295 g/mol. The minimum absolute atomic E-state index is 0.639. The molecule has 0 radical (unpaired) electrons. The molecule has 1 heterocycles. The Labute approximate surface area is 128 Å². The van der Waals surface area contributed by atoms with Gasteiger partial charge in [0.2, 0.25) is 0 Å². The molecule has 2 rings (SSSR count). The number of benzene rings is 1. The second-order valence-electron chi connectivity index (χ2n) is 6.06. The summed E-state index contributed by atoms with van der Waals surface area (Å²) in [5.74, 6) is 0.838. The summed E-state index contributed by atoms with van der Waals surface area (Å²) in [6, 6.07) is 8.91. The van der Waals surface area contributed by atoms with E-state index in [9.17, 15) is 0 Å². The maximum Gasteiger partial charge on any atom is 0.0406 e. The van der Waals surface area contributed by atoms with E-state index in [4.69, 9.17) is 11.6 Å². The standard InChI is InChI=1S/C17H27ClN2/c1-3-19-14(2)11-16-5-4-10-20(13-16)12-15-6-8-17(18)9-7-15/h6-9,14,16,19H,3-5,10-13H2,1-2H3. The van der Waals surface area contributed by atoms with E-state index in [1.165, 1.54) is 37.9 Å². The molecule has 20 heavy (non-hydrogen) atoms. The van der Waals surface area contributed by atoms with Gasteiger partial charge < -0.3 is 5.32 Å². The highest BCUT2D eigenvalue weighted by molar-refractivity contribution is 6.30. The number of likely N-dealkylation sites (tertiary alicyclic amines) is 1. The molecule has 2 nitrogen and oxygen atoms in total. The molecular weight excluding hydrogens is 268 g/mol. The lowest BCUT2D eigenvalue weighted by Gasteiger charge is -2.34. The largest absolute Gasteiger partial charge is 0.315 e. The fourth-order valence-corrected chi connectivity index (χ4v) is 3.39. The normalized spacial score (nSPS) is 21.9. The maximum absolute atomic E-state index is 5.94. The van der Waals surface area contributed by atoms with Crippen LogP contribution in [0.1, 0.15) is 38.7 Å². The third-order valence-electron chi connectivity index (χ3n) is 4.16. The SMILES string of the molecule is CCNC(C)CC1CCCN(Cc2ccc(Cl)cc2)C1. The average Bonchev–Trinajstić information content (AvgIpc) is 2.42. The molecule has 1 aliphatic rings. The quantitative estimate of drug-likeness (QED) is 0.855. The van der Waals surface area contributed by atoms with E-state index in [0.717, 1.165) is 24.0 Å². The minimum Gasteiger partial charge on any atom is -0.315 e. The fraction of sp³-hybridized carbons (Fsp3) is 0.647. The lowest BCUT2D eigenvalue weighted by molar-refractivity contribution is 0.155. The van der Waals surface area contributed by atoms with Crippen LogP contribution in [0.15, 0.2) is 24.3 Å². The first-order valence-electron chi connectivity index (χ1n) is 7.87. The molecular formula is C17H27ClN2. The maximum atomic E-state index is 5.94. The predicted octanol–water partition coefficient (Wildman–Crippen LogP) is 3.94. The van der Waals surface area contributed by atoms with Crippen LogP contribution < -0.4 is 5.32 Å². The summed E-state index contributed by atoms with van der Waals surface area (Å²) in [5, 5.41) is 4.35. The molecule has 0 aliphatic carbocycles. The van der Waals surface area contributed by atoms with Crippen LogP contribution in [-0.2, 0) is 6.54 Å². The van der Waals surface area contributed by atoms with Gasteiger partial charge in [-0.1, -0.05) is 30.7 Å². The number of rotatable bonds is 6. The lowest BCUT2D eigenvalue weighted by Crippen LogP contribution is -2.38. The Morgan fingerprint density at radius 3 is 2.80 bits per heavy atom. The number of nitrogens with zero attached hydrogens (tertiary/aromatic N) is 1. The molecule has 0 aromatic heterocycles. The number of piperidine rings is 1. The van der Waals surface area contributed by atoms with Crippen LogP contribution in [0, 0.1) is 5.92 Å². The molecule has 112 valence electrons. The van der Waals surface area contributed by atoms with Crippen LogP contribution in [0.4, 0.5) is 0 Å². The summed E-state index contributed by atoms with van der Waals surface area (Å²) >= 11 is 5.94. The van der Waals surface area contributed by atoms with Gasteiger partial charge in [0.25, 0.3) is 0 Å². The van der Waals surface area contributed by atoms with Crippen molar-refractivity contribution in [2.75, 3.05) is 19.6 Å². The van der Waals surface area contributed by atoms with Gasteiger partial charge in [-0.3, -0.25) is 4.90 Å². The van der Waals surface area contributed by atoms with Gasteiger partial charge >= 0.3 is 0 Å². The minimum atomic E-state index is 0.639. The molecule has 1 fully saturated rings. The van der Waals surface area contributed by atoms with Crippen molar-refractivity contribution in [1.29, 1.82) is 0 Å². The van der Waals surface area contributed by atoms with Crippen LogP contribution in [0.5, 0.6) is 0 Å². The van der Waals surface area contributed by atoms with Gasteiger partial charge in [0.05, 0.1) is 0 Å². The summed E-state index contributed by atoms with van der Waals surface area (Å²) in [5.41, 5.74) is 1.37. The Balaban J connectivity index is 1.82. The van der Waals surface area contributed by atoms with E-state index in [0.29, 0.717) is 6.04 Å². The van der Waals surface area contributed by atoms with Gasteiger partial charge in [-0.2, -0.15) is 0 Å². The van der Waals surface area contributed by atoms with Gasteiger partial charge in [0.15, 0.2) is 0 Å². The van der Waals surface area contributed by atoms with Crippen LogP contribution in [0.2, 0.25) is 5.02 Å². The van der Waals surface area contributed by atoms with Crippen molar-refractivity contribution in [3.8, 4) is 0 Å². The number of nitrogens with one attached hydrogen (secondary N) is 1. The van der Waals surface area contributed by atoms with Crippen LogP contribution in [0.25, 0.3) is 0 Å². The summed E-state index contributed by atoms with van der Waals surface area (Å²) in [6.07, 6.45) is 4.01. The first kappa shape index (κ1) is 15.8. The zero-order valence-electron chi connectivity index (χ0n) is 12.7. The van der Waals surface area contributed by atoms with Gasteiger partial charge in [-0.05, 0) is 62.9 Å². The summed E-state index contributed by atoms with van der Waals surface area (Å²) in [6.45, 7) is 9.09. The Morgan fingerprint density at radius 1 is 1.35 bits per heavy atom. The van der Waals surface area contributed by atoms with Crippen LogP contribution in [-0.4, -0.2) is 30.6 Å². The first-order valence-corrected chi connectivity index (χ1v) is 8.25. The molecule has 1 N–H and O–H groups in total. The summed E-state index contributed by atoms with van der Waals surface area (Å²) < 4.78 is 0. The highest BCUT2D eigenvalue weighted by Gasteiger charge is 2.21. The van der Waals surface area contributed by atoms with Crippen molar-refractivity contribution < 1.29 is 0 Å². The number of hydrogen-bond acceptors (Lipinski definition) is 2. The first-order chi connectivity index (χ1) is 9.67. The summed E-state index contributed by atoms with van der Waals surface area (Å²) in [4.78, 5) is 2.59. The smallest absolute Gasteiger partial charge is 0.0406 e. The number of halogens is 1. The van der Waals surface area contributed by atoms with Gasteiger partial charge in [-0.25, -0.2) is 0 Å². The van der Waals surface area contributed by atoms with E-state index >= 15 is 0 Å².